The zero-order valence-corrected chi connectivity index (χ0v) is 10.9. The van der Waals surface area contributed by atoms with Gasteiger partial charge in [0.25, 0.3) is 0 Å². The maximum Gasteiger partial charge on any atom is 0.237 e. The van der Waals surface area contributed by atoms with Crippen molar-refractivity contribution in [2.75, 3.05) is 19.6 Å². The van der Waals surface area contributed by atoms with Crippen LogP contribution in [-0.4, -0.2) is 42.0 Å². The van der Waals surface area contributed by atoms with Crippen molar-refractivity contribution >= 4 is 5.91 Å². The molecule has 0 spiro atoms. The number of rotatable bonds is 6. The first-order chi connectivity index (χ1) is 8.10. The number of amides is 1. The number of likely N-dealkylation sites (tertiary alicyclic amines) is 1. The number of nitrogens with one attached hydrogen (secondary N) is 1. The van der Waals surface area contributed by atoms with E-state index in [0.29, 0.717) is 6.04 Å². The maximum atomic E-state index is 11.6. The fraction of sp³-hybridized carbons (Fsp3) is 0.923. The predicted octanol–water partition coefficient (Wildman–Crippen LogP) is 0.858. The molecule has 1 saturated heterocycles. The minimum absolute atomic E-state index is 0.207. The van der Waals surface area contributed by atoms with E-state index in [-0.39, 0.29) is 5.91 Å². The average molecular weight is 239 g/mol. The van der Waals surface area contributed by atoms with Crippen LogP contribution in [0.15, 0.2) is 0 Å². The standard InChI is InChI=1S/C13H25N3O/c1-13(12(14)17,15-11-5-6-11)7-10-16-8-3-2-4-9-16/h11,15H,2-10H2,1H3,(H2,14,17). The molecule has 1 atom stereocenters. The lowest BCUT2D eigenvalue weighted by molar-refractivity contribution is -0.124. The zero-order valence-electron chi connectivity index (χ0n) is 10.9. The van der Waals surface area contributed by atoms with Crippen LogP contribution in [0, 0.1) is 0 Å². The lowest BCUT2D eigenvalue weighted by atomic mass is 9.95. The second-order valence-corrected chi connectivity index (χ2v) is 5.77. The first-order valence-corrected chi connectivity index (χ1v) is 6.90. The molecule has 1 unspecified atom stereocenters. The largest absolute Gasteiger partial charge is 0.368 e. The summed E-state index contributed by atoms with van der Waals surface area (Å²) in [4.78, 5) is 14.1. The Bertz CT molecular complexity index is 272. The SMILES string of the molecule is CC(CCN1CCCCC1)(NC1CC1)C(N)=O. The van der Waals surface area contributed by atoms with Crippen molar-refractivity contribution in [1.82, 2.24) is 10.2 Å². The van der Waals surface area contributed by atoms with E-state index in [1.54, 1.807) is 0 Å². The fourth-order valence-corrected chi connectivity index (χ4v) is 2.51. The van der Waals surface area contributed by atoms with Crippen LogP contribution < -0.4 is 11.1 Å². The summed E-state index contributed by atoms with van der Waals surface area (Å²) in [6.45, 7) is 5.30. The molecular weight excluding hydrogens is 214 g/mol. The van der Waals surface area contributed by atoms with E-state index in [1.807, 2.05) is 6.92 Å². The second-order valence-electron chi connectivity index (χ2n) is 5.77. The summed E-state index contributed by atoms with van der Waals surface area (Å²) in [7, 11) is 0. The molecule has 2 aliphatic rings. The Morgan fingerprint density at radius 2 is 2.00 bits per heavy atom. The van der Waals surface area contributed by atoms with Crippen molar-refractivity contribution < 1.29 is 4.79 Å². The van der Waals surface area contributed by atoms with E-state index in [0.717, 1.165) is 13.0 Å². The normalized spacial score (nSPS) is 25.5. The van der Waals surface area contributed by atoms with Crippen molar-refractivity contribution in [3.63, 3.8) is 0 Å². The van der Waals surface area contributed by atoms with Gasteiger partial charge in [-0.25, -0.2) is 0 Å². The lowest BCUT2D eigenvalue weighted by Crippen LogP contribution is -2.55. The summed E-state index contributed by atoms with van der Waals surface area (Å²) in [6, 6.07) is 0.522. The molecule has 1 aliphatic carbocycles. The number of primary amides is 1. The van der Waals surface area contributed by atoms with E-state index >= 15 is 0 Å². The van der Waals surface area contributed by atoms with Crippen molar-refractivity contribution in [1.29, 1.82) is 0 Å². The lowest BCUT2D eigenvalue weighted by Gasteiger charge is -2.32. The van der Waals surface area contributed by atoms with Gasteiger partial charge >= 0.3 is 0 Å². The molecule has 4 nitrogen and oxygen atoms in total. The predicted molar refractivity (Wildman–Crippen MR) is 68.7 cm³/mol. The third-order valence-corrected chi connectivity index (χ3v) is 4.02. The van der Waals surface area contributed by atoms with Gasteiger partial charge in [-0.15, -0.1) is 0 Å². The molecule has 1 saturated carbocycles. The summed E-state index contributed by atoms with van der Waals surface area (Å²) < 4.78 is 0. The molecule has 17 heavy (non-hydrogen) atoms. The van der Waals surface area contributed by atoms with Crippen LogP contribution >= 0.6 is 0 Å². The highest BCUT2D eigenvalue weighted by Crippen LogP contribution is 2.24. The number of nitrogens with zero attached hydrogens (tertiary/aromatic N) is 1. The molecule has 0 aromatic carbocycles. The molecule has 0 radical (unpaired) electrons. The summed E-state index contributed by atoms with van der Waals surface area (Å²) in [5, 5.41) is 3.41. The molecule has 1 amide bonds. The minimum atomic E-state index is -0.515. The molecule has 0 aromatic rings. The van der Waals surface area contributed by atoms with E-state index in [1.165, 1.54) is 45.2 Å². The molecule has 1 heterocycles. The smallest absolute Gasteiger partial charge is 0.237 e. The number of carbonyl (C=O) groups excluding carboxylic acids is 1. The molecule has 0 bridgehead atoms. The molecule has 98 valence electrons. The Kier molecular flexibility index (Phi) is 4.05. The van der Waals surface area contributed by atoms with Crippen molar-refractivity contribution in [3.05, 3.63) is 0 Å². The van der Waals surface area contributed by atoms with Crippen LogP contribution in [0.5, 0.6) is 0 Å². The van der Waals surface area contributed by atoms with E-state index in [2.05, 4.69) is 10.2 Å². The highest BCUT2D eigenvalue weighted by atomic mass is 16.1. The Morgan fingerprint density at radius 1 is 1.35 bits per heavy atom. The number of hydrogen-bond acceptors (Lipinski definition) is 3. The highest BCUT2D eigenvalue weighted by Gasteiger charge is 2.36. The Morgan fingerprint density at radius 3 is 2.53 bits per heavy atom. The Labute approximate surface area is 104 Å². The van der Waals surface area contributed by atoms with Gasteiger partial charge in [-0.05, 0) is 52.1 Å². The van der Waals surface area contributed by atoms with Crippen LogP contribution in [0.4, 0.5) is 0 Å². The summed E-state index contributed by atoms with van der Waals surface area (Å²) in [5.41, 5.74) is 5.03. The fourth-order valence-electron chi connectivity index (χ4n) is 2.51. The van der Waals surface area contributed by atoms with Gasteiger partial charge in [-0.2, -0.15) is 0 Å². The first-order valence-electron chi connectivity index (χ1n) is 6.90. The topological polar surface area (TPSA) is 58.4 Å². The van der Waals surface area contributed by atoms with Gasteiger partial charge in [-0.1, -0.05) is 6.42 Å². The second kappa shape index (κ2) is 5.36. The van der Waals surface area contributed by atoms with Gasteiger partial charge < -0.3 is 16.0 Å². The van der Waals surface area contributed by atoms with Crippen LogP contribution in [0.3, 0.4) is 0 Å². The van der Waals surface area contributed by atoms with Gasteiger partial charge in [0.05, 0.1) is 5.54 Å². The highest BCUT2D eigenvalue weighted by molar-refractivity contribution is 5.84. The molecule has 3 N–H and O–H groups in total. The summed E-state index contributed by atoms with van der Waals surface area (Å²) in [5.74, 6) is -0.207. The summed E-state index contributed by atoms with van der Waals surface area (Å²) in [6.07, 6.45) is 7.15. The monoisotopic (exact) mass is 239 g/mol. The molecule has 0 aromatic heterocycles. The van der Waals surface area contributed by atoms with Gasteiger partial charge in [-0.3, -0.25) is 4.79 Å². The third-order valence-electron chi connectivity index (χ3n) is 4.02. The maximum absolute atomic E-state index is 11.6. The van der Waals surface area contributed by atoms with Crippen molar-refractivity contribution in [2.45, 2.75) is 57.0 Å². The molecule has 1 aliphatic heterocycles. The number of carbonyl (C=O) groups is 1. The average Bonchev–Trinajstić information content (AvgIpc) is 3.11. The number of piperidine rings is 1. The Balaban J connectivity index is 1.81. The number of nitrogens with two attached hydrogens (primary N) is 1. The van der Waals surface area contributed by atoms with E-state index in [9.17, 15) is 4.79 Å². The third kappa shape index (κ3) is 3.68. The van der Waals surface area contributed by atoms with Crippen molar-refractivity contribution in [3.8, 4) is 0 Å². The summed E-state index contributed by atoms with van der Waals surface area (Å²) >= 11 is 0. The first kappa shape index (κ1) is 12.8. The van der Waals surface area contributed by atoms with Gasteiger partial charge in [0, 0.05) is 12.6 Å². The molecule has 2 rings (SSSR count). The molecular formula is C13H25N3O. The Hall–Kier alpha value is -0.610. The van der Waals surface area contributed by atoms with Gasteiger partial charge in [0.15, 0.2) is 0 Å². The van der Waals surface area contributed by atoms with E-state index in [4.69, 9.17) is 5.73 Å². The molecule has 2 fully saturated rings. The quantitative estimate of drug-likeness (QED) is 0.723. The van der Waals surface area contributed by atoms with E-state index < -0.39 is 5.54 Å². The van der Waals surface area contributed by atoms with Crippen LogP contribution in [0.1, 0.15) is 45.4 Å². The zero-order chi connectivity index (χ0) is 12.3. The molecule has 4 heteroatoms. The van der Waals surface area contributed by atoms with Crippen LogP contribution in [-0.2, 0) is 4.79 Å². The van der Waals surface area contributed by atoms with Crippen LogP contribution in [0.2, 0.25) is 0 Å². The van der Waals surface area contributed by atoms with Crippen molar-refractivity contribution in [2.24, 2.45) is 5.73 Å². The minimum Gasteiger partial charge on any atom is -0.368 e. The van der Waals surface area contributed by atoms with Crippen LogP contribution in [0.25, 0.3) is 0 Å². The van der Waals surface area contributed by atoms with Gasteiger partial charge in [0.1, 0.15) is 0 Å². The van der Waals surface area contributed by atoms with Gasteiger partial charge in [0.2, 0.25) is 5.91 Å². The number of hydrogen-bond donors (Lipinski definition) is 2.